The van der Waals surface area contributed by atoms with Gasteiger partial charge < -0.3 is 5.32 Å². The van der Waals surface area contributed by atoms with E-state index in [-0.39, 0.29) is 0 Å². The minimum atomic E-state index is 0.794. The molecule has 2 nitrogen and oxygen atoms in total. The van der Waals surface area contributed by atoms with Crippen LogP contribution in [0.5, 0.6) is 0 Å². The summed E-state index contributed by atoms with van der Waals surface area (Å²) in [6, 6.07) is 12.1. The van der Waals surface area contributed by atoms with Gasteiger partial charge in [-0.3, -0.25) is 0 Å². The van der Waals surface area contributed by atoms with Crippen LogP contribution in [0.2, 0.25) is 0 Å². The Bertz CT molecular complexity index is 469. The number of aryl methyl sites for hydroxylation is 1. The van der Waals surface area contributed by atoms with E-state index in [0.29, 0.717) is 0 Å². The Balaban J connectivity index is 2.08. The van der Waals surface area contributed by atoms with Crippen LogP contribution in [-0.2, 0) is 6.54 Å². The molecule has 0 aliphatic carbocycles. The van der Waals surface area contributed by atoms with Gasteiger partial charge in [0.15, 0.2) is 0 Å². The molecular formula is C13H13BrN2. The van der Waals surface area contributed by atoms with Crippen molar-refractivity contribution in [2.75, 3.05) is 5.32 Å². The van der Waals surface area contributed by atoms with Crippen molar-refractivity contribution < 1.29 is 0 Å². The number of rotatable bonds is 3. The SMILES string of the molecule is Cc1ccc(Br)cc1CNc1ccccn1. The fourth-order valence-corrected chi connectivity index (χ4v) is 1.89. The number of pyridine rings is 1. The zero-order valence-corrected chi connectivity index (χ0v) is 10.7. The minimum absolute atomic E-state index is 0.794. The number of benzene rings is 1. The number of hydrogen-bond acceptors (Lipinski definition) is 2. The summed E-state index contributed by atoms with van der Waals surface area (Å²) in [5.41, 5.74) is 2.56. The van der Waals surface area contributed by atoms with Gasteiger partial charge in [0, 0.05) is 17.2 Å². The second kappa shape index (κ2) is 5.12. The monoisotopic (exact) mass is 276 g/mol. The third kappa shape index (κ3) is 2.83. The molecule has 0 amide bonds. The van der Waals surface area contributed by atoms with E-state index in [1.807, 2.05) is 18.2 Å². The van der Waals surface area contributed by atoms with Gasteiger partial charge in [0.1, 0.15) is 5.82 Å². The summed E-state index contributed by atoms with van der Waals surface area (Å²) in [5.74, 6) is 0.905. The molecular weight excluding hydrogens is 264 g/mol. The molecule has 1 aromatic carbocycles. The van der Waals surface area contributed by atoms with Gasteiger partial charge in [0.05, 0.1) is 0 Å². The molecule has 0 radical (unpaired) electrons. The molecule has 0 aliphatic heterocycles. The van der Waals surface area contributed by atoms with E-state index in [2.05, 4.69) is 51.4 Å². The van der Waals surface area contributed by atoms with Crippen LogP contribution in [-0.4, -0.2) is 4.98 Å². The third-order valence-electron chi connectivity index (χ3n) is 2.44. The van der Waals surface area contributed by atoms with Gasteiger partial charge in [-0.05, 0) is 42.3 Å². The van der Waals surface area contributed by atoms with Gasteiger partial charge in [-0.2, -0.15) is 0 Å². The van der Waals surface area contributed by atoms with E-state index >= 15 is 0 Å². The maximum atomic E-state index is 4.22. The van der Waals surface area contributed by atoms with Crippen LogP contribution < -0.4 is 5.32 Å². The molecule has 16 heavy (non-hydrogen) atoms. The van der Waals surface area contributed by atoms with Gasteiger partial charge in [-0.25, -0.2) is 4.98 Å². The Labute approximate surface area is 104 Å². The first kappa shape index (κ1) is 11.1. The topological polar surface area (TPSA) is 24.9 Å². The molecule has 0 atom stereocenters. The zero-order chi connectivity index (χ0) is 11.4. The lowest BCUT2D eigenvalue weighted by atomic mass is 10.1. The largest absolute Gasteiger partial charge is 0.366 e. The van der Waals surface area contributed by atoms with Gasteiger partial charge in [-0.1, -0.05) is 28.1 Å². The van der Waals surface area contributed by atoms with Crippen LogP contribution >= 0.6 is 15.9 Å². The summed E-state index contributed by atoms with van der Waals surface area (Å²) < 4.78 is 1.11. The predicted octanol–water partition coefficient (Wildman–Crippen LogP) is 3.76. The van der Waals surface area contributed by atoms with Gasteiger partial charge in [-0.15, -0.1) is 0 Å². The molecule has 3 heteroatoms. The van der Waals surface area contributed by atoms with Crippen molar-refractivity contribution in [2.24, 2.45) is 0 Å². The van der Waals surface area contributed by atoms with Gasteiger partial charge in [0.2, 0.25) is 0 Å². The number of nitrogens with zero attached hydrogens (tertiary/aromatic N) is 1. The number of halogens is 1. The summed E-state index contributed by atoms with van der Waals surface area (Å²) in [7, 11) is 0. The smallest absolute Gasteiger partial charge is 0.126 e. The highest BCUT2D eigenvalue weighted by Gasteiger charge is 1.99. The van der Waals surface area contributed by atoms with Crippen LogP contribution in [0.3, 0.4) is 0 Å². The second-order valence-electron chi connectivity index (χ2n) is 3.64. The highest BCUT2D eigenvalue weighted by Crippen LogP contribution is 2.17. The summed E-state index contributed by atoms with van der Waals surface area (Å²) in [5, 5.41) is 3.30. The zero-order valence-electron chi connectivity index (χ0n) is 9.07. The highest BCUT2D eigenvalue weighted by molar-refractivity contribution is 9.10. The molecule has 0 unspecified atom stereocenters. The molecule has 0 aliphatic rings. The van der Waals surface area contributed by atoms with E-state index in [1.54, 1.807) is 6.20 Å². The fourth-order valence-electron chi connectivity index (χ4n) is 1.48. The lowest BCUT2D eigenvalue weighted by molar-refractivity contribution is 1.09. The van der Waals surface area contributed by atoms with E-state index < -0.39 is 0 Å². The van der Waals surface area contributed by atoms with E-state index in [0.717, 1.165) is 16.8 Å². The summed E-state index contributed by atoms with van der Waals surface area (Å²) in [6.45, 7) is 2.91. The van der Waals surface area contributed by atoms with Crippen LogP contribution in [0.15, 0.2) is 47.1 Å². The standard InChI is InChI=1S/C13H13BrN2/c1-10-5-6-12(14)8-11(10)9-16-13-4-2-3-7-15-13/h2-8H,9H2,1H3,(H,15,16). The third-order valence-corrected chi connectivity index (χ3v) is 2.93. The quantitative estimate of drug-likeness (QED) is 0.923. The second-order valence-corrected chi connectivity index (χ2v) is 4.56. The molecule has 0 fully saturated rings. The number of aromatic nitrogens is 1. The van der Waals surface area contributed by atoms with Crippen molar-refractivity contribution in [3.05, 3.63) is 58.2 Å². The van der Waals surface area contributed by atoms with Gasteiger partial charge >= 0.3 is 0 Å². The first-order valence-electron chi connectivity index (χ1n) is 5.15. The molecule has 2 aromatic rings. The molecule has 0 saturated carbocycles. The molecule has 0 spiro atoms. The molecule has 1 aromatic heterocycles. The maximum Gasteiger partial charge on any atom is 0.126 e. The average molecular weight is 277 g/mol. The summed E-state index contributed by atoms with van der Waals surface area (Å²) in [6.07, 6.45) is 1.79. The highest BCUT2D eigenvalue weighted by atomic mass is 79.9. The molecule has 0 bridgehead atoms. The molecule has 1 heterocycles. The Kier molecular flexibility index (Phi) is 3.57. The van der Waals surface area contributed by atoms with Crippen LogP contribution in [0.25, 0.3) is 0 Å². The number of anilines is 1. The lowest BCUT2D eigenvalue weighted by Crippen LogP contribution is -2.02. The average Bonchev–Trinajstić information content (AvgIpc) is 2.32. The van der Waals surface area contributed by atoms with Crippen molar-refractivity contribution in [1.29, 1.82) is 0 Å². The summed E-state index contributed by atoms with van der Waals surface area (Å²) >= 11 is 3.48. The predicted molar refractivity (Wildman–Crippen MR) is 70.4 cm³/mol. The Hall–Kier alpha value is -1.35. The first-order valence-corrected chi connectivity index (χ1v) is 5.95. The maximum absolute atomic E-state index is 4.22. The number of hydrogen-bond donors (Lipinski definition) is 1. The Morgan fingerprint density at radius 2 is 2.12 bits per heavy atom. The Morgan fingerprint density at radius 1 is 1.25 bits per heavy atom. The first-order chi connectivity index (χ1) is 7.75. The lowest BCUT2D eigenvalue weighted by Gasteiger charge is -2.08. The van der Waals surface area contributed by atoms with E-state index in [9.17, 15) is 0 Å². The number of nitrogens with one attached hydrogen (secondary N) is 1. The van der Waals surface area contributed by atoms with Crippen LogP contribution in [0, 0.1) is 6.92 Å². The van der Waals surface area contributed by atoms with Crippen molar-refractivity contribution in [3.8, 4) is 0 Å². The van der Waals surface area contributed by atoms with Crippen molar-refractivity contribution in [3.63, 3.8) is 0 Å². The van der Waals surface area contributed by atoms with Gasteiger partial charge in [0.25, 0.3) is 0 Å². The van der Waals surface area contributed by atoms with E-state index in [4.69, 9.17) is 0 Å². The van der Waals surface area contributed by atoms with Crippen molar-refractivity contribution >= 4 is 21.7 Å². The normalized spacial score (nSPS) is 10.1. The molecule has 1 N–H and O–H groups in total. The van der Waals surface area contributed by atoms with Crippen LogP contribution in [0.1, 0.15) is 11.1 Å². The molecule has 2 rings (SSSR count). The molecule has 82 valence electrons. The van der Waals surface area contributed by atoms with Crippen molar-refractivity contribution in [2.45, 2.75) is 13.5 Å². The summed E-state index contributed by atoms with van der Waals surface area (Å²) in [4.78, 5) is 4.22. The molecule has 0 saturated heterocycles. The van der Waals surface area contributed by atoms with Crippen molar-refractivity contribution in [1.82, 2.24) is 4.98 Å². The minimum Gasteiger partial charge on any atom is -0.366 e. The Morgan fingerprint density at radius 3 is 2.88 bits per heavy atom. The van der Waals surface area contributed by atoms with E-state index in [1.165, 1.54) is 11.1 Å². The van der Waals surface area contributed by atoms with Crippen LogP contribution in [0.4, 0.5) is 5.82 Å². The fraction of sp³-hybridized carbons (Fsp3) is 0.154.